The zero-order valence-corrected chi connectivity index (χ0v) is 37.3. The van der Waals surface area contributed by atoms with Crippen LogP contribution in [0, 0.1) is 0 Å². The molecule has 2 N–H and O–H groups in total. The van der Waals surface area contributed by atoms with Crippen molar-refractivity contribution in [3.63, 3.8) is 0 Å². The summed E-state index contributed by atoms with van der Waals surface area (Å²) in [7, 11) is 0. The molecule has 0 fully saturated rings. The number of aliphatic carboxylic acids is 1. The molecule has 1 atom stereocenters. The summed E-state index contributed by atoms with van der Waals surface area (Å²) in [5.74, 6) is -1.22. The summed E-state index contributed by atoms with van der Waals surface area (Å²) in [6.07, 6.45) is 56.0. The number of ether oxygens (including phenoxy) is 1. The summed E-state index contributed by atoms with van der Waals surface area (Å²) in [4.78, 5) is 35.2. The normalized spacial score (nSPS) is 12.2. The fourth-order valence-electron chi connectivity index (χ4n) is 7.49. The topological polar surface area (TPSA) is 92.7 Å². The van der Waals surface area contributed by atoms with E-state index in [9.17, 15) is 14.4 Å². The molecule has 56 heavy (non-hydrogen) atoms. The monoisotopic (exact) mass is 788 g/mol. The molecule has 0 aliphatic rings. The van der Waals surface area contributed by atoms with Gasteiger partial charge in [-0.25, -0.2) is 0 Å². The van der Waals surface area contributed by atoms with Crippen molar-refractivity contribution in [2.24, 2.45) is 0 Å². The second-order valence-corrected chi connectivity index (χ2v) is 16.7. The summed E-state index contributed by atoms with van der Waals surface area (Å²) in [5, 5.41) is 11.1. The van der Waals surface area contributed by atoms with E-state index in [2.05, 4.69) is 43.5 Å². The molecule has 0 aliphatic carbocycles. The van der Waals surface area contributed by atoms with Crippen molar-refractivity contribution >= 4 is 17.8 Å². The predicted molar refractivity (Wildman–Crippen MR) is 240 cm³/mol. The Labute approximate surface area is 347 Å². The van der Waals surface area contributed by atoms with E-state index < -0.39 is 5.97 Å². The third-order valence-corrected chi connectivity index (χ3v) is 11.1. The average Bonchev–Trinajstić information content (AvgIpc) is 3.18. The van der Waals surface area contributed by atoms with Crippen molar-refractivity contribution in [3.05, 3.63) is 24.3 Å². The van der Waals surface area contributed by atoms with Gasteiger partial charge in [0.25, 0.3) is 0 Å². The molecule has 1 unspecified atom stereocenters. The van der Waals surface area contributed by atoms with E-state index in [4.69, 9.17) is 9.84 Å². The smallest absolute Gasteiger partial charge is 0.322 e. The summed E-state index contributed by atoms with van der Waals surface area (Å²) in [5.41, 5.74) is 0. The van der Waals surface area contributed by atoms with Crippen molar-refractivity contribution in [1.82, 2.24) is 5.32 Å². The van der Waals surface area contributed by atoms with Gasteiger partial charge in [-0.15, -0.1) is 0 Å². The van der Waals surface area contributed by atoms with Crippen molar-refractivity contribution in [1.29, 1.82) is 0 Å². The van der Waals surface area contributed by atoms with Crippen LogP contribution in [-0.4, -0.2) is 35.6 Å². The number of carbonyl (C=O) groups excluding carboxylic acids is 2. The molecule has 0 aromatic carbocycles. The SMILES string of the molecule is CCCCC/C=C\C/C=C\CCCCCCCCCCCC(=O)OC(CCCCCCCCCCCCCCCCC)CCCCCCCC(=O)NCC(=O)O. The lowest BCUT2D eigenvalue weighted by Crippen LogP contribution is -2.28. The van der Waals surface area contributed by atoms with Crippen molar-refractivity contribution < 1.29 is 24.2 Å². The first-order valence-corrected chi connectivity index (χ1v) is 24.5. The number of unbranched alkanes of at least 4 members (excludes halogenated alkanes) is 30. The van der Waals surface area contributed by atoms with E-state index in [1.807, 2.05) is 0 Å². The Hall–Kier alpha value is -2.11. The first kappa shape index (κ1) is 53.9. The second-order valence-electron chi connectivity index (χ2n) is 16.7. The molecule has 0 bridgehead atoms. The number of rotatable bonds is 45. The van der Waals surface area contributed by atoms with E-state index in [0.717, 1.165) is 70.6 Å². The lowest BCUT2D eigenvalue weighted by molar-refractivity contribution is -0.150. The molecule has 0 saturated heterocycles. The minimum Gasteiger partial charge on any atom is -0.480 e. The van der Waals surface area contributed by atoms with Crippen molar-refractivity contribution in [2.75, 3.05) is 6.54 Å². The van der Waals surface area contributed by atoms with Crippen LogP contribution in [0.2, 0.25) is 0 Å². The first-order chi connectivity index (χ1) is 27.5. The fraction of sp³-hybridized carbons (Fsp3) is 0.860. The van der Waals surface area contributed by atoms with Crippen LogP contribution in [0.15, 0.2) is 24.3 Å². The molecule has 328 valence electrons. The van der Waals surface area contributed by atoms with Gasteiger partial charge in [-0.1, -0.05) is 205 Å². The first-order valence-electron chi connectivity index (χ1n) is 24.5. The molecule has 6 heteroatoms. The predicted octanol–water partition coefficient (Wildman–Crippen LogP) is 15.5. The number of allylic oxidation sites excluding steroid dienone is 4. The van der Waals surface area contributed by atoms with Gasteiger partial charge < -0.3 is 15.2 Å². The number of amides is 1. The minimum absolute atomic E-state index is 0.0135. The quantitative estimate of drug-likeness (QED) is 0.0364. The van der Waals surface area contributed by atoms with Gasteiger partial charge in [-0.05, 0) is 70.6 Å². The van der Waals surface area contributed by atoms with Gasteiger partial charge in [-0.3, -0.25) is 14.4 Å². The van der Waals surface area contributed by atoms with Crippen molar-refractivity contribution in [3.8, 4) is 0 Å². The van der Waals surface area contributed by atoms with Crippen LogP contribution in [0.5, 0.6) is 0 Å². The standard InChI is InChI=1S/C50H93NO5/c1-3-5-7-9-11-13-15-17-19-20-21-22-24-26-28-30-32-37-41-45-50(55)56-47(43-39-35-33-36-40-44-48(52)51-46-49(53)54)42-38-34-31-29-27-25-23-18-16-14-12-10-8-6-4-2/h11,13,17,19,47H,3-10,12,14-16,18,20-46H2,1-2H3,(H,51,52)(H,53,54)/b13-11-,19-17-. The second kappa shape index (κ2) is 45.6. The zero-order valence-electron chi connectivity index (χ0n) is 37.3. The largest absolute Gasteiger partial charge is 0.480 e. The van der Waals surface area contributed by atoms with Crippen LogP contribution in [0.3, 0.4) is 0 Å². The van der Waals surface area contributed by atoms with Gasteiger partial charge in [-0.2, -0.15) is 0 Å². The summed E-state index contributed by atoms with van der Waals surface area (Å²) < 4.78 is 6.06. The number of hydrogen-bond acceptors (Lipinski definition) is 4. The number of carboxylic acid groups (broad SMARTS) is 1. The molecule has 0 aromatic heterocycles. The van der Waals surface area contributed by atoms with Crippen LogP contribution in [0.1, 0.15) is 264 Å². The van der Waals surface area contributed by atoms with E-state index >= 15 is 0 Å². The highest BCUT2D eigenvalue weighted by Crippen LogP contribution is 2.19. The minimum atomic E-state index is -1.01. The maximum absolute atomic E-state index is 12.8. The van der Waals surface area contributed by atoms with Gasteiger partial charge in [0, 0.05) is 12.8 Å². The van der Waals surface area contributed by atoms with Gasteiger partial charge >= 0.3 is 11.9 Å². The molecule has 6 nitrogen and oxygen atoms in total. The third-order valence-electron chi connectivity index (χ3n) is 11.1. The van der Waals surface area contributed by atoms with Gasteiger partial charge in [0.2, 0.25) is 5.91 Å². The molecular formula is C50H93NO5. The van der Waals surface area contributed by atoms with E-state index in [1.54, 1.807) is 0 Å². The van der Waals surface area contributed by atoms with Crippen LogP contribution in [0.4, 0.5) is 0 Å². The molecule has 0 spiro atoms. The van der Waals surface area contributed by atoms with Gasteiger partial charge in [0.15, 0.2) is 0 Å². The highest BCUT2D eigenvalue weighted by Gasteiger charge is 2.14. The third kappa shape index (κ3) is 44.6. The molecule has 0 radical (unpaired) electrons. The Morgan fingerprint density at radius 3 is 1.27 bits per heavy atom. The molecule has 0 rings (SSSR count). The van der Waals surface area contributed by atoms with Crippen LogP contribution in [-0.2, 0) is 19.1 Å². The number of carboxylic acids is 1. The van der Waals surface area contributed by atoms with Crippen LogP contribution >= 0.6 is 0 Å². The van der Waals surface area contributed by atoms with E-state index in [-0.39, 0.29) is 24.5 Å². The Morgan fingerprint density at radius 1 is 0.464 bits per heavy atom. The summed E-state index contributed by atoms with van der Waals surface area (Å²) in [6, 6.07) is 0. The number of carbonyl (C=O) groups is 3. The fourth-order valence-corrected chi connectivity index (χ4v) is 7.49. The highest BCUT2D eigenvalue weighted by atomic mass is 16.5. The lowest BCUT2D eigenvalue weighted by Gasteiger charge is -2.18. The van der Waals surface area contributed by atoms with Crippen LogP contribution < -0.4 is 5.32 Å². The zero-order chi connectivity index (χ0) is 40.8. The maximum atomic E-state index is 12.8. The number of esters is 1. The molecule has 0 aliphatic heterocycles. The van der Waals surface area contributed by atoms with Crippen LogP contribution in [0.25, 0.3) is 0 Å². The van der Waals surface area contributed by atoms with E-state index in [0.29, 0.717) is 12.8 Å². The molecule has 0 aromatic rings. The highest BCUT2D eigenvalue weighted by molar-refractivity contribution is 5.80. The van der Waals surface area contributed by atoms with E-state index in [1.165, 1.54) is 167 Å². The molecule has 1 amide bonds. The maximum Gasteiger partial charge on any atom is 0.322 e. The van der Waals surface area contributed by atoms with Gasteiger partial charge in [0.05, 0.1) is 0 Å². The van der Waals surface area contributed by atoms with Crippen molar-refractivity contribution in [2.45, 2.75) is 270 Å². The Bertz CT molecular complexity index is 915. The number of hydrogen-bond donors (Lipinski definition) is 2. The Morgan fingerprint density at radius 2 is 0.821 bits per heavy atom. The van der Waals surface area contributed by atoms with Gasteiger partial charge in [0.1, 0.15) is 12.6 Å². The average molecular weight is 788 g/mol. The lowest BCUT2D eigenvalue weighted by atomic mass is 10.0. The summed E-state index contributed by atoms with van der Waals surface area (Å²) in [6.45, 7) is 4.23. The summed E-state index contributed by atoms with van der Waals surface area (Å²) >= 11 is 0. The number of nitrogens with one attached hydrogen (secondary N) is 1. The molecular weight excluding hydrogens is 695 g/mol. The Balaban J connectivity index is 4.11. The molecule has 0 heterocycles. The molecule has 0 saturated carbocycles. The Kier molecular flexibility index (Phi) is 43.9.